The number of likely N-dealkylation sites (tertiary alicyclic amines) is 1. The molecule has 0 N–H and O–H groups in total. The summed E-state index contributed by atoms with van der Waals surface area (Å²) in [4.78, 5) is 11.1. The summed E-state index contributed by atoms with van der Waals surface area (Å²) in [6, 6.07) is 12.8. The van der Waals surface area contributed by atoms with Crippen molar-refractivity contribution < 1.29 is 0 Å². The summed E-state index contributed by atoms with van der Waals surface area (Å²) >= 11 is 0. The Morgan fingerprint density at radius 3 is 2.90 bits per heavy atom. The zero-order valence-electron chi connectivity index (χ0n) is 11.9. The molecule has 0 saturated carbocycles. The molecule has 4 nitrogen and oxygen atoms in total. The van der Waals surface area contributed by atoms with Gasteiger partial charge in [-0.15, -0.1) is 0 Å². The highest BCUT2D eigenvalue weighted by molar-refractivity contribution is 5.30. The van der Waals surface area contributed by atoms with E-state index in [4.69, 9.17) is 0 Å². The molecule has 1 fully saturated rings. The second-order valence-corrected chi connectivity index (χ2v) is 5.67. The molecule has 1 saturated heterocycles. The minimum Gasteiger partial charge on any atom is -0.297 e. The summed E-state index contributed by atoms with van der Waals surface area (Å²) in [5, 5.41) is 0. The summed E-state index contributed by atoms with van der Waals surface area (Å²) in [5.41, 5.74) is 2.67. The van der Waals surface area contributed by atoms with Gasteiger partial charge in [-0.2, -0.15) is 0 Å². The van der Waals surface area contributed by atoms with Crippen LogP contribution < -0.4 is 0 Å². The van der Waals surface area contributed by atoms with Gasteiger partial charge in [0, 0.05) is 25.5 Å². The van der Waals surface area contributed by atoms with Crippen LogP contribution in [0.5, 0.6) is 0 Å². The zero-order chi connectivity index (χ0) is 14.1. The molecular formula is C17H18N4. The first-order chi connectivity index (χ1) is 10.4. The highest BCUT2D eigenvalue weighted by atomic mass is 15.2. The number of imidazole rings is 1. The number of hydrogen-bond acceptors (Lipinski definition) is 3. The third-order valence-corrected chi connectivity index (χ3v) is 4.29. The largest absolute Gasteiger partial charge is 0.297 e. The third kappa shape index (κ3) is 2.43. The van der Waals surface area contributed by atoms with Crippen LogP contribution in [0.25, 0.3) is 5.78 Å². The molecule has 1 aliphatic heterocycles. The summed E-state index contributed by atoms with van der Waals surface area (Å²) in [6.45, 7) is 3.21. The van der Waals surface area contributed by atoms with Gasteiger partial charge in [-0.25, -0.2) is 9.97 Å². The van der Waals surface area contributed by atoms with Crippen LogP contribution in [0.4, 0.5) is 0 Å². The predicted molar refractivity (Wildman–Crippen MR) is 82.1 cm³/mol. The number of nitrogens with zero attached hydrogens (tertiary/aromatic N) is 4. The molecule has 0 radical (unpaired) electrons. The van der Waals surface area contributed by atoms with Crippen molar-refractivity contribution in [3.63, 3.8) is 0 Å². The van der Waals surface area contributed by atoms with Gasteiger partial charge in [0.05, 0.1) is 11.9 Å². The summed E-state index contributed by atoms with van der Waals surface area (Å²) in [5.74, 6) is 1.44. The van der Waals surface area contributed by atoms with E-state index >= 15 is 0 Å². The molecule has 0 aliphatic carbocycles. The van der Waals surface area contributed by atoms with Crippen LogP contribution >= 0.6 is 0 Å². The number of hydrogen-bond donors (Lipinski definition) is 0. The van der Waals surface area contributed by atoms with Crippen LogP contribution in [0.15, 0.2) is 55.0 Å². The van der Waals surface area contributed by atoms with Crippen molar-refractivity contribution in [1.29, 1.82) is 0 Å². The molecule has 3 aromatic rings. The van der Waals surface area contributed by atoms with Gasteiger partial charge in [-0.05, 0) is 30.5 Å². The van der Waals surface area contributed by atoms with Crippen LogP contribution in [0, 0.1) is 0 Å². The maximum Gasteiger partial charge on any atom is 0.233 e. The Hall–Kier alpha value is -2.20. The highest BCUT2D eigenvalue weighted by Crippen LogP contribution is 2.27. The normalized spacial score (nSPS) is 19.3. The Kier molecular flexibility index (Phi) is 3.16. The molecule has 106 valence electrons. The smallest absolute Gasteiger partial charge is 0.233 e. The van der Waals surface area contributed by atoms with Gasteiger partial charge >= 0.3 is 0 Å². The molecule has 4 heteroatoms. The topological polar surface area (TPSA) is 33.4 Å². The van der Waals surface area contributed by atoms with E-state index in [1.807, 2.05) is 18.5 Å². The van der Waals surface area contributed by atoms with E-state index in [9.17, 15) is 0 Å². The number of aromatic nitrogens is 3. The molecule has 0 amide bonds. The van der Waals surface area contributed by atoms with Crippen LogP contribution in [-0.2, 0) is 6.54 Å². The van der Waals surface area contributed by atoms with E-state index in [1.54, 1.807) is 6.20 Å². The predicted octanol–water partition coefficient (Wildman–Crippen LogP) is 2.72. The van der Waals surface area contributed by atoms with Gasteiger partial charge in [0.15, 0.2) is 0 Å². The molecule has 2 aromatic heterocycles. The van der Waals surface area contributed by atoms with Gasteiger partial charge in [0.2, 0.25) is 5.78 Å². The monoisotopic (exact) mass is 278 g/mol. The van der Waals surface area contributed by atoms with Crippen molar-refractivity contribution in [2.24, 2.45) is 0 Å². The van der Waals surface area contributed by atoms with Crippen LogP contribution in [0.2, 0.25) is 0 Å². The van der Waals surface area contributed by atoms with Gasteiger partial charge in [0.1, 0.15) is 0 Å². The Balaban J connectivity index is 1.49. The average molecular weight is 278 g/mol. The second-order valence-electron chi connectivity index (χ2n) is 5.67. The zero-order valence-corrected chi connectivity index (χ0v) is 11.9. The maximum absolute atomic E-state index is 4.36. The van der Waals surface area contributed by atoms with E-state index in [0.29, 0.717) is 5.92 Å². The molecule has 1 aliphatic rings. The first kappa shape index (κ1) is 12.5. The van der Waals surface area contributed by atoms with Gasteiger partial charge in [-0.1, -0.05) is 30.3 Å². The summed E-state index contributed by atoms with van der Waals surface area (Å²) in [7, 11) is 0. The first-order valence-corrected chi connectivity index (χ1v) is 7.44. The van der Waals surface area contributed by atoms with Crippen LogP contribution in [-0.4, -0.2) is 32.4 Å². The lowest BCUT2D eigenvalue weighted by molar-refractivity contribution is 0.322. The molecule has 1 aromatic carbocycles. The molecule has 21 heavy (non-hydrogen) atoms. The lowest BCUT2D eigenvalue weighted by Crippen LogP contribution is -2.20. The Bertz CT molecular complexity index is 735. The third-order valence-electron chi connectivity index (χ3n) is 4.29. The second kappa shape index (κ2) is 5.30. The minimum absolute atomic E-state index is 0.656. The van der Waals surface area contributed by atoms with Gasteiger partial charge in [0.25, 0.3) is 0 Å². The molecule has 4 rings (SSSR count). The van der Waals surface area contributed by atoms with Crippen molar-refractivity contribution >= 4 is 5.78 Å². The average Bonchev–Trinajstić information content (AvgIpc) is 3.17. The van der Waals surface area contributed by atoms with Gasteiger partial charge in [-0.3, -0.25) is 9.30 Å². The van der Waals surface area contributed by atoms with Crippen molar-refractivity contribution in [3.05, 3.63) is 66.2 Å². The molecular weight excluding hydrogens is 260 g/mol. The van der Waals surface area contributed by atoms with Crippen molar-refractivity contribution in [3.8, 4) is 0 Å². The lowest BCUT2D eigenvalue weighted by Gasteiger charge is -2.15. The maximum atomic E-state index is 4.36. The standard InChI is InChI=1S/C17H18N4/c1-2-5-14(6-3-1)15-7-10-20(12-15)13-16-11-19-17-18-8-4-9-21(16)17/h1-6,8-9,11,15H,7,10,12-13H2. The van der Waals surface area contributed by atoms with Crippen molar-refractivity contribution in [1.82, 2.24) is 19.3 Å². The summed E-state index contributed by atoms with van der Waals surface area (Å²) < 4.78 is 2.08. The van der Waals surface area contributed by atoms with Crippen molar-refractivity contribution in [2.75, 3.05) is 13.1 Å². The molecule has 0 spiro atoms. The highest BCUT2D eigenvalue weighted by Gasteiger charge is 2.24. The first-order valence-electron chi connectivity index (χ1n) is 7.44. The minimum atomic E-state index is 0.656. The van der Waals surface area contributed by atoms with E-state index in [0.717, 1.165) is 25.4 Å². The van der Waals surface area contributed by atoms with E-state index in [-0.39, 0.29) is 0 Å². The number of rotatable bonds is 3. The van der Waals surface area contributed by atoms with E-state index < -0.39 is 0 Å². The lowest BCUT2D eigenvalue weighted by atomic mass is 9.99. The molecule has 1 unspecified atom stereocenters. The van der Waals surface area contributed by atoms with Crippen LogP contribution in [0.3, 0.4) is 0 Å². The van der Waals surface area contributed by atoms with E-state index in [1.165, 1.54) is 17.7 Å². The SMILES string of the molecule is c1ccc(C2CCN(Cc3cnc4ncccn34)C2)cc1. The Morgan fingerprint density at radius 2 is 2.00 bits per heavy atom. The fourth-order valence-electron chi connectivity index (χ4n) is 3.20. The van der Waals surface area contributed by atoms with Crippen LogP contribution in [0.1, 0.15) is 23.6 Å². The number of benzene rings is 1. The fraction of sp³-hybridized carbons (Fsp3) is 0.294. The van der Waals surface area contributed by atoms with Gasteiger partial charge < -0.3 is 0 Å². The fourth-order valence-corrected chi connectivity index (χ4v) is 3.20. The molecule has 1 atom stereocenters. The Morgan fingerprint density at radius 1 is 1.10 bits per heavy atom. The molecule has 0 bridgehead atoms. The molecule has 3 heterocycles. The van der Waals surface area contributed by atoms with E-state index in [2.05, 4.69) is 49.6 Å². The quantitative estimate of drug-likeness (QED) is 0.738. The Labute approximate surface area is 124 Å². The summed E-state index contributed by atoms with van der Waals surface area (Å²) in [6.07, 6.45) is 7.00. The number of fused-ring (bicyclic) bond motifs is 1. The van der Waals surface area contributed by atoms with Crippen molar-refractivity contribution in [2.45, 2.75) is 18.9 Å².